The number of hydrogen-bond acceptors (Lipinski definition) is 7. The summed E-state index contributed by atoms with van der Waals surface area (Å²) in [5, 5.41) is 4.52. The van der Waals surface area contributed by atoms with Crippen LogP contribution in [0.1, 0.15) is 18.2 Å². The number of benzene rings is 2. The maximum absolute atomic E-state index is 12.6. The molecule has 1 atom stereocenters. The molecule has 4 rings (SSSR count). The number of carbonyl (C=O) groups excluding carboxylic acids is 1. The van der Waals surface area contributed by atoms with Crippen molar-refractivity contribution in [2.75, 3.05) is 32.8 Å². The van der Waals surface area contributed by atoms with Gasteiger partial charge in [0.2, 0.25) is 17.6 Å². The number of nitrogens with zero attached hydrogens (tertiary/aromatic N) is 3. The van der Waals surface area contributed by atoms with Gasteiger partial charge >= 0.3 is 0 Å². The first-order chi connectivity index (χ1) is 14.5. The van der Waals surface area contributed by atoms with Gasteiger partial charge in [0.15, 0.2) is 0 Å². The van der Waals surface area contributed by atoms with Crippen LogP contribution in [0, 0.1) is 0 Å². The predicted molar refractivity (Wildman–Crippen MR) is 111 cm³/mol. The molecule has 156 valence electrons. The van der Waals surface area contributed by atoms with Crippen LogP contribution in [0.3, 0.4) is 0 Å². The number of rotatable bonds is 6. The van der Waals surface area contributed by atoms with Crippen molar-refractivity contribution in [2.24, 2.45) is 0 Å². The summed E-state index contributed by atoms with van der Waals surface area (Å²) in [6.45, 7) is 0.420. The molecule has 0 bridgehead atoms. The van der Waals surface area contributed by atoms with Gasteiger partial charge in [-0.15, -0.1) is 0 Å². The predicted octanol–water partition coefficient (Wildman–Crippen LogP) is 3.94. The van der Waals surface area contributed by atoms with E-state index in [0.717, 1.165) is 0 Å². The lowest BCUT2D eigenvalue weighted by atomic mass is 10.1. The molecule has 0 aliphatic carbocycles. The summed E-state index contributed by atoms with van der Waals surface area (Å²) in [5.74, 6) is 2.32. The monoisotopic (exact) mass is 429 g/mol. The molecule has 9 heteroatoms. The second kappa shape index (κ2) is 8.23. The van der Waals surface area contributed by atoms with Crippen LogP contribution in [-0.4, -0.2) is 43.9 Å². The number of anilines is 1. The summed E-state index contributed by atoms with van der Waals surface area (Å²) in [7, 11) is 4.69. The van der Waals surface area contributed by atoms with Crippen molar-refractivity contribution >= 4 is 23.2 Å². The van der Waals surface area contributed by atoms with E-state index < -0.39 is 0 Å². The smallest absolute Gasteiger partial charge is 0.232 e. The topological polar surface area (TPSA) is 86.9 Å². The molecule has 0 N–H and O–H groups in total. The molecule has 2 heterocycles. The fourth-order valence-corrected chi connectivity index (χ4v) is 3.69. The Morgan fingerprint density at radius 2 is 1.87 bits per heavy atom. The van der Waals surface area contributed by atoms with Gasteiger partial charge < -0.3 is 23.6 Å². The zero-order valence-corrected chi connectivity index (χ0v) is 17.5. The van der Waals surface area contributed by atoms with E-state index in [9.17, 15) is 4.79 Å². The number of amides is 1. The summed E-state index contributed by atoms with van der Waals surface area (Å²) in [4.78, 5) is 18.8. The Morgan fingerprint density at radius 1 is 1.07 bits per heavy atom. The molecule has 1 aromatic heterocycles. The normalized spacial score (nSPS) is 16.1. The zero-order valence-electron chi connectivity index (χ0n) is 16.7. The first kappa shape index (κ1) is 20.0. The average molecular weight is 430 g/mol. The number of carbonyl (C=O) groups is 1. The van der Waals surface area contributed by atoms with Gasteiger partial charge in [-0.25, -0.2) is 0 Å². The molecule has 1 aliphatic heterocycles. The van der Waals surface area contributed by atoms with E-state index >= 15 is 0 Å². The molecule has 0 saturated carbocycles. The largest absolute Gasteiger partial charge is 0.497 e. The fraction of sp³-hybridized carbons (Fsp3) is 0.286. The molecule has 0 unspecified atom stereocenters. The molecule has 2 aromatic carbocycles. The molecule has 1 saturated heterocycles. The number of methoxy groups -OCH3 is 3. The maximum atomic E-state index is 12.6. The molecule has 3 aromatic rings. The number of ether oxygens (including phenoxy) is 3. The quantitative estimate of drug-likeness (QED) is 0.586. The molecule has 8 nitrogen and oxygen atoms in total. The van der Waals surface area contributed by atoms with Gasteiger partial charge in [-0.2, -0.15) is 4.98 Å². The van der Waals surface area contributed by atoms with Crippen molar-refractivity contribution in [1.29, 1.82) is 0 Å². The van der Waals surface area contributed by atoms with Crippen LogP contribution in [0.15, 0.2) is 40.9 Å². The SMILES string of the molecule is COc1ccc(-c2noc([C@H]3CC(=O)N(c4ccc(OC)c(Cl)c4)C3)n2)c(OC)c1. The van der Waals surface area contributed by atoms with E-state index in [1.807, 2.05) is 0 Å². The highest BCUT2D eigenvalue weighted by atomic mass is 35.5. The minimum Gasteiger partial charge on any atom is -0.497 e. The molecule has 1 aliphatic rings. The zero-order chi connectivity index (χ0) is 21.3. The minimum absolute atomic E-state index is 0.0389. The lowest BCUT2D eigenvalue weighted by Gasteiger charge is -2.17. The molecule has 30 heavy (non-hydrogen) atoms. The Kier molecular flexibility index (Phi) is 5.50. The first-order valence-electron chi connectivity index (χ1n) is 9.24. The Bertz CT molecular complexity index is 1080. The molecular formula is C21H20ClN3O5. The van der Waals surface area contributed by atoms with Gasteiger partial charge in [-0.05, 0) is 30.3 Å². The number of halogens is 1. The third-order valence-corrected chi connectivity index (χ3v) is 5.31. The second-order valence-corrected chi connectivity index (χ2v) is 7.15. The highest BCUT2D eigenvalue weighted by Crippen LogP contribution is 2.36. The Labute approximate surface area is 178 Å². The van der Waals surface area contributed by atoms with Crippen molar-refractivity contribution in [3.8, 4) is 28.6 Å². The standard InChI is InChI=1S/C21H20ClN3O5/c1-27-14-5-6-15(18(10-14)29-3)20-23-21(30-24-20)12-8-19(26)25(11-12)13-4-7-17(28-2)16(22)9-13/h4-7,9-10,12H,8,11H2,1-3H3/t12-/m0/s1. The van der Waals surface area contributed by atoms with Gasteiger partial charge in [0.1, 0.15) is 17.2 Å². The minimum atomic E-state index is -0.219. The first-order valence-corrected chi connectivity index (χ1v) is 9.61. The summed E-state index contributed by atoms with van der Waals surface area (Å²) in [6, 6.07) is 10.6. The third-order valence-electron chi connectivity index (χ3n) is 5.01. The van der Waals surface area contributed by atoms with E-state index in [0.29, 0.717) is 51.8 Å². The molecule has 1 amide bonds. The van der Waals surface area contributed by atoms with Gasteiger partial charge in [-0.3, -0.25) is 4.79 Å². The average Bonchev–Trinajstić information content (AvgIpc) is 3.40. The van der Waals surface area contributed by atoms with Crippen LogP contribution in [0.2, 0.25) is 5.02 Å². The van der Waals surface area contributed by atoms with E-state index in [1.54, 1.807) is 62.6 Å². The van der Waals surface area contributed by atoms with Crippen LogP contribution in [0.25, 0.3) is 11.4 Å². The van der Waals surface area contributed by atoms with Crippen LogP contribution in [0.5, 0.6) is 17.2 Å². The lowest BCUT2D eigenvalue weighted by molar-refractivity contribution is -0.117. The Hall–Kier alpha value is -3.26. The molecule has 0 radical (unpaired) electrons. The molecular weight excluding hydrogens is 410 g/mol. The van der Waals surface area contributed by atoms with Gasteiger partial charge in [-0.1, -0.05) is 16.8 Å². The highest BCUT2D eigenvalue weighted by Gasteiger charge is 2.35. The van der Waals surface area contributed by atoms with Crippen molar-refractivity contribution in [3.05, 3.63) is 47.3 Å². The van der Waals surface area contributed by atoms with Crippen molar-refractivity contribution in [2.45, 2.75) is 12.3 Å². The van der Waals surface area contributed by atoms with Gasteiger partial charge in [0.25, 0.3) is 0 Å². The summed E-state index contributed by atoms with van der Waals surface area (Å²) in [6.07, 6.45) is 0.269. The van der Waals surface area contributed by atoms with E-state index in [-0.39, 0.29) is 18.2 Å². The van der Waals surface area contributed by atoms with Crippen LogP contribution < -0.4 is 19.1 Å². The number of hydrogen-bond donors (Lipinski definition) is 0. The van der Waals surface area contributed by atoms with Gasteiger partial charge in [0, 0.05) is 24.7 Å². The van der Waals surface area contributed by atoms with Crippen LogP contribution in [0.4, 0.5) is 5.69 Å². The lowest BCUT2D eigenvalue weighted by Crippen LogP contribution is -2.24. The van der Waals surface area contributed by atoms with Gasteiger partial charge in [0.05, 0.1) is 37.8 Å². The molecule has 0 spiro atoms. The highest BCUT2D eigenvalue weighted by molar-refractivity contribution is 6.32. The van der Waals surface area contributed by atoms with Crippen LogP contribution in [-0.2, 0) is 4.79 Å². The van der Waals surface area contributed by atoms with E-state index in [1.165, 1.54) is 0 Å². The fourth-order valence-electron chi connectivity index (χ4n) is 3.44. The van der Waals surface area contributed by atoms with Crippen LogP contribution >= 0.6 is 11.6 Å². The summed E-state index contributed by atoms with van der Waals surface area (Å²) < 4.78 is 21.3. The third kappa shape index (κ3) is 3.66. The Balaban J connectivity index is 1.56. The second-order valence-electron chi connectivity index (χ2n) is 6.75. The van der Waals surface area contributed by atoms with Crippen molar-refractivity contribution < 1.29 is 23.5 Å². The summed E-state index contributed by atoms with van der Waals surface area (Å²) >= 11 is 6.21. The molecule has 1 fully saturated rings. The number of aromatic nitrogens is 2. The van der Waals surface area contributed by atoms with E-state index in [2.05, 4.69) is 10.1 Å². The van der Waals surface area contributed by atoms with Crippen molar-refractivity contribution in [3.63, 3.8) is 0 Å². The van der Waals surface area contributed by atoms with Crippen molar-refractivity contribution in [1.82, 2.24) is 10.1 Å². The Morgan fingerprint density at radius 3 is 2.57 bits per heavy atom. The maximum Gasteiger partial charge on any atom is 0.232 e. The van der Waals surface area contributed by atoms with E-state index in [4.69, 9.17) is 30.3 Å². The summed E-state index contributed by atoms with van der Waals surface area (Å²) in [5.41, 5.74) is 1.38.